The number of hydrogen-bond acceptors (Lipinski definition) is 4. The molecule has 1 atom stereocenters. The predicted molar refractivity (Wildman–Crippen MR) is 53.9 cm³/mol. The lowest BCUT2D eigenvalue weighted by molar-refractivity contribution is -0.131. The van der Waals surface area contributed by atoms with Crippen LogP contribution in [0.1, 0.15) is 5.69 Å². The van der Waals surface area contributed by atoms with Gasteiger partial charge in [-0.2, -0.15) is 0 Å². The van der Waals surface area contributed by atoms with Gasteiger partial charge in [-0.25, -0.2) is 0 Å². The summed E-state index contributed by atoms with van der Waals surface area (Å²) in [6.45, 7) is 1.23. The van der Waals surface area contributed by atoms with E-state index >= 15 is 0 Å². The molecule has 5 heteroatoms. The number of amides is 1. The number of aromatic nitrogens is 1. The Morgan fingerprint density at radius 3 is 3.27 bits per heavy atom. The van der Waals surface area contributed by atoms with E-state index in [2.05, 4.69) is 10.5 Å². The molecule has 15 heavy (non-hydrogen) atoms. The van der Waals surface area contributed by atoms with E-state index in [1.165, 1.54) is 6.26 Å². The van der Waals surface area contributed by atoms with Gasteiger partial charge in [0.05, 0.1) is 6.54 Å². The topological polar surface area (TPSA) is 58.4 Å². The van der Waals surface area contributed by atoms with Crippen molar-refractivity contribution < 1.29 is 9.32 Å². The highest BCUT2D eigenvalue weighted by molar-refractivity contribution is 5.84. The van der Waals surface area contributed by atoms with Crippen LogP contribution in [0.3, 0.4) is 0 Å². The summed E-state index contributed by atoms with van der Waals surface area (Å²) in [4.78, 5) is 13.5. The first kappa shape index (κ1) is 9.92. The molecule has 1 N–H and O–H groups in total. The van der Waals surface area contributed by atoms with Gasteiger partial charge in [-0.3, -0.25) is 10.1 Å². The first-order valence-corrected chi connectivity index (χ1v) is 4.81. The fraction of sp³-hybridized carbons (Fsp3) is 0.400. The fourth-order valence-corrected chi connectivity index (χ4v) is 1.51. The van der Waals surface area contributed by atoms with Gasteiger partial charge < -0.3 is 9.42 Å². The third-order valence-corrected chi connectivity index (χ3v) is 2.32. The van der Waals surface area contributed by atoms with Gasteiger partial charge in [-0.05, 0) is 0 Å². The molecule has 1 unspecified atom stereocenters. The number of carbonyl (C=O) groups is 1. The molecule has 1 aliphatic rings. The second-order valence-corrected chi connectivity index (χ2v) is 3.50. The molecule has 0 bridgehead atoms. The van der Waals surface area contributed by atoms with Crippen LogP contribution in [0, 0.1) is 0 Å². The molecule has 0 saturated heterocycles. The van der Waals surface area contributed by atoms with Crippen LogP contribution in [0.2, 0.25) is 0 Å². The van der Waals surface area contributed by atoms with Crippen LogP contribution in [0.5, 0.6) is 0 Å². The summed E-state index contributed by atoms with van der Waals surface area (Å²) in [6, 6.07) is 1.56. The quantitative estimate of drug-likeness (QED) is 0.717. The number of hydrogen-bond donors (Lipinski definition) is 1. The minimum Gasteiger partial charge on any atom is -0.364 e. The lowest BCUT2D eigenvalue weighted by Gasteiger charge is -2.19. The molecule has 0 fully saturated rings. The summed E-state index contributed by atoms with van der Waals surface area (Å²) in [5.41, 5.74) is 0.757. The van der Waals surface area contributed by atoms with E-state index in [-0.39, 0.29) is 11.9 Å². The van der Waals surface area contributed by atoms with Crippen molar-refractivity contribution in [2.45, 2.75) is 12.6 Å². The van der Waals surface area contributed by atoms with E-state index in [9.17, 15) is 4.79 Å². The van der Waals surface area contributed by atoms with E-state index in [0.717, 1.165) is 12.2 Å². The van der Waals surface area contributed by atoms with Crippen molar-refractivity contribution in [3.05, 3.63) is 30.2 Å². The van der Waals surface area contributed by atoms with Crippen molar-refractivity contribution in [2.75, 3.05) is 13.6 Å². The summed E-state index contributed by atoms with van der Waals surface area (Å²) < 4.78 is 4.70. The molecule has 80 valence electrons. The average molecular weight is 207 g/mol. The molecule has 1 aliphatic heterocycles. The number of nitrogens with one attached hydrogen (secondary N) is 1. The zero-order valence-corrected chi connectivity index (χ0v) is 8.51. The molecule has 0 spiro atoms. The Balaban J connectivity index is 1.93. The Labute approximate surface area is 87.7 Å². The van der Waals surface area contributed by atoms with Crippen molar-refractivity contribution in [3.63, 3.8) is 0 Å². The summed E-state index contributed by atoms with van der Waals surface area (Å²) in [5.74, 6) is 0.0479. The first-order valence-electron chi connectivity index (χ1n) is 4.81. The van der Waals surface area contributed by atoms with E-state index < -0.39 is 0 Å². The second kappa shape index (κ2) is 4.27. The van der Waals surface area contributed by atoms with Crippen LogP contribution < -0.4 is 5.32 Å². The number of carbonyl (C=O) groups excluding carboxylic acids is 1. The van der Waals surface area contributed by atoms with Crippen molar-refractivity contribution in [3.8, 4) is 0 Å². The highest BCUT2D eigenvalue weighted by Gasteiger charge is 2.21. The zero-order valence-electron chi connectivity index (χ0n) is 8.51. The maximum atomic E-state index is 11.8. The summed E-state index contributed by atoms with van der Waals surface area (Å²) >= 11 is 0. The van der Waals surface area contributed by atoms with Gasteiger partial charge in [-0.15, -0.1) is 0 Å². The zero-order chi connectivity index (χ0) is 10.7. The molecule has 1 aromatic heterocycles. The van der Waals surface area contributed by atoms with Gasteiger partial charge in [-0.1, -0.05) is 17.3 Å². The van der Waals surface area contributed by atoms with E-state index in [0.29, 0.717) is 6.54 Å². The molecular weight excluding hydrogens is 194 g/mol. The molecule has 1 amide bonds. The van der Waals surface area contributed by atoms with E-state index in [1.54, 1.807) is 18.0 Å². The Morgan fingerprint density at radius 2 is 2.67 bits per heavy atom. The van der Waals surface area contributed by atoms with Crippen LogP contribution >= 0.6 is 0 Å². The maximum absolute atomic E-state index is 11.8. The standard InChI is InChI=1S/C10H13N3O2/c1-13(7-8-4-6-15-12-8)10(14)9-3-2-5-11-9/h2-4,6,9,11H,5,7H2,1H3. The van der Waals surface area contributed by atoms with Gasteiger partial charge in [0.1, 0.15) is 18.0 Å². The van der Waals surface area contributed by atoms with Crippen LogP contribution in [0.4, 0.5) is 0 Å². The van der Waals surface area contributed by atoms with Crippen LogP contribution in [0.15, 0.2) is 29.0 Å². The molecule has 0 aliphatic carbocycles. The van der Waals surface area contributed by atoms with E-state index in [4.69, 9.17) is 4.52 Å². The molecule has 5 nitrogen and oxygen atoms in total. The van der Waals surface area contributed by atoms with E-state index in [1.807, 2.05) is 12.2 Å². The van der Waals surface area contributed by atoms with Gasteiger partial charge in [0.2, 0.25) is 5.91 Å². The summed E-state index contributed by atoms with van der Waals surface area (Å²) in [6.07, 6.45) is 5.33. The molecule has 1 aromatic rings. The molecule has 0 aromatic carbocycles. The van der Waals surface area contributed by atoms with Crippen LogP contribution in [-0.2, 0) is 11.3 Å². The van der Waals surface area contributed by atoms with Gasteiger partial charge in [0.25, 0.3) is 0 Å². The van der Waals surface area contributed by atoms with Crippen molar-refractivity contribution >= 4 is 5.91 Å². The third-order valence-electron chi connectivity index (χ3n) is 2.32. The maximum Gasteiger partial charge on any atom is 0.243 e. The second-order valence-electron chi connectivity index (χ2n) is 3.50. The summed E-state index contributed by atoms with van der Waals surface area (Å²) in [5, 5.41) is 6.83. The Hall–Kier alpha value is -1.62. The Bertz CT molecular complexity index is 359. The van der Waals surface area contributed by atoms with Gasteiger partial charge in [0.15, 0.2) is 0 Å². The third kappa shape index (κ3) is 2.24. The smallest absolute Gasteiger partial charge is 0.243 e. The minimum absolute atomic E-state index is 0.0479. The lowest BCUT2D eigenvalue weighted by atomic mass is 10.2. The summed E-state index contributed by atoms with van der Waals surface area (Å²) in [7, 11) is 1.75. The largest absolute Gasteiger partial charge is 0.364 e. The Kier molecular flexibility index (Phi) is 2.82. The van der Waals surface area contributed by atoms with Crippen molar-refractivity contribution in [1.29, 1.82) is 0 Å². The molecule has 2 heterocycles. The number of rotatable bonds is 3. The normalized spacial score (nSPS) is 19.4. The number of nitrogens with zero attached hydrogens (tertiary/aromatic N) is 2. The minimum atomic E-state index is -0.193. The highest BCUT2D eigenvalue weighted by atomic mass is 16.5. The molecular formula is C10H13N3O2. The number of likely N-dealkylation sites (N-methyl/N-ethyl adjacent to an activating group) is 1. The Morgan fingerprint density at radius 1 is 1.80 bits per heavy atom. The van der Waals surface area contributed by atoms with Crippen molar-refractivity contribution in [1.82, 2.24) is 15.4 Å². The fourth-order valence-electron chi connectivity index (χ4n) is 1.51. The average Bonchev–Trinajstić information content (AvgIpc) is 2.88. The molecule has 0 radical (unpaired) electrons. The molecule has 2 rings (SSSR count). The highest BCUT2D eigenvalue weighted by Crippen LogP contribution is 2.04. The SMILES string of the molecule is CN(Cc1ccon1)C(=O)C1C=CCN1. The van der Waals surface area contributed by atoms with Gasteiger partial charge >= 0.3 is 0 Å². The van der Waals surface area contributed by atoms with Crippen molar-refractivity contribution in [2.24, 2.45) is 0 Å². The first-order chi connectivity index (χ1) is 7.27. The monoisotopic (exact) mass is 207 g/mol. The van der Waals surface area contributed by atoms with Crippen LogP contribution in [-0.4, -0.2) is 35.6 Å². The van der Waals surface area contributed by atoms with Crippen LogP contribution in [0.25, 0.3) is 0 Å². The predicted octanol–water partition coefficient (Wildman–Crippen LogP) is 0.161. The molecule has 0 saturated carbocycles. The lowest BCUT2D eigenvalue weighted by Crippen LogP contribution is -2.41. The van der Waals surface area contributed by atoms with Gasteiger partial charge in [0, 0.05) is 19.7 Å².